The Morgan fingerprint density at radius 1 is 1.24 bits per heavy atom. The second kappa shape index (κ2) is 12.8. The number of benzene rings is 1. The molecule has 6 nitrogen and oxygen atoms in total. The molecular formula is C27H39N3O3S. The van der Waals surface area contributed by atoms with E-state index in [2.05, 4.69) is 48.2 Å². The number of imidazole rings is 1. The van der Waals surface area contributed by atoms with Gasteiger partial charge in [0.1, 0.15) is 12.1 Å². The number of thiophene rings is 1. The monoisotopic (exact) mass is 485 g/mol. The summed E-state index contributed by atoms with van der Waals surface area (Å²) in [7, 11) is 1.81. The molecule has 1 aromatic carbocycles. The summed E-state index contributed by atoms with van der Waals surface area (Å²) in [5.74, 6) is 0.351. The molecule has 1 atom stereocenters. The van der Waals surface area contributed by atoms with Crippen LogP contribution >= 0.6 is 11.3 Å². The number of fused-ring (bicyclic) bond motifs is 1. The molecule has 0 saturated heterocycles. The number of rotatable bonds is 11. The molecule has 0 aliphatic heterocycles. The lowest BCUT2D eigenvalue weighted by molar-refractivity contribution is -0.148. The van der Waals surface area contributed by atoms with E-state index in [0.29, 0.717) is 11.6 Å². The lowest BCUT2D eigenvalue weighted by Gasteiger charge is -2.29. The lowest BCUT2D eigenvalue weighted by atomic mass is 9.82. The minimum absolute atomic E-state index is 0.0556. The van der Waals surface area contributed by atoms with Crippen molar-refractivity contribution in [2.75, 3.05) is 7.05 Å². The maximum Gasteiger partial charge on any atom is 0.310 e. The van der Waals surface area contributed by atoms with Gasteiger partial charge in [0.25, 0.3) is 0 Å². The third-order valence-corrected chi connectivity index (χ3v) is 7.37. The summed E-state index contributed by atoms with van der Waals surface area (Å²) in [6, 6.07) is 10.5. The molecule has 34 heavy (non-hydrogen) atoms. The number of carboxylic acids is 1. The average molecular weight is 486 g/mol. The van der Waals surface area contributed by atoms with Gasteiger partial charge >= 0.3 is 5.97 Å². The summed E-state index contributed by atoms with van der Waals surface area (Å²) in [4.78, 5) is 28.0. The summed E-state index contributed by atoms with van der Waals surface area (Å²) >= 11 is 1.76. The fourth-order valence-electron chi connectivity index (χ4n) is 4.30. The van der Waals surface area contributed by atoms with Crippen LogP contribution in [0.3, 0.4) is 0 Å². The van der Waals surface area contributed by atoms with Gasteiger partial charge in [0.2, 0.25) is 0 Å². The molecule has 3 aromatic rings. The van der Waals surface area contributed by atoms with Crippen molar-refractivity contribution < 1.29 is 14.7 Å². The van der Waals surface area contributed by atoms with E-state index in [0.717, 1.165) is 55.2 Å². The molecule has 0 radical (unpaired) electrons. The molecule has 7 heteroatoms. The van der Waals surface area contributed by atoms with Crippen LogP contribution in [0.15, 0.2) is 35.7 Å². The van der Waals surface area contributed by atoms with E-state index in [1.54, 1.807) is 25.2 Å². The summed E-state index contributed by atoms with van der Waals surface area (Å²) < 4.78 is 2.36. The summed E-state index contributed by atoms with van der Waals surface area (Å²) in [6.45, 7) is 10.0. The van der Waals surface area contributed by atoms with Gasteiger partial charge in [-0.3, -0.25) is 9.59 Å². The van der Waals surface area contributed by atoms with Crippen molar-refractivity contribution in [3.05, 3.63) is 52.0 Å². The van der Waals surface area contributed by atoms with Crippen LogP contribution in [0.1, 0.15) is 87.4 Å². The molecule has 0 aliphatic rings. The van der Waals surface area contributed by atoms with E-state index >= 15 is 0 Å². The van der Waals surface area contributed by atoms with Gasteiger partial charge in [0.15, 0.2) is 0 Å². The van der Waals surface area contributed by atoms with Crippen LogP contribution in [0, 0.1) is 5.41 Å². The predicted molar refractivity (Wildman–Crippen MR) is 141 cm³/mol. The molecule has 186 valence electrons. The zero-order valence-corrected chi connectivity index (χ0v) is 22.1. The molecule has 0 spiro atoms. The molecule has 0 bridgehead atoms. The second-order valence-electron chi connectivity index (χ2n) is 9.15. The quantitative estimate of drug-likeness (QED) is 0.309. The summed E-state index contributed by atoms with van der Waals surface area (Å²) in [5.41, 5.74) is 2.06. The Balaban J connectivity index is 0.000000292. The zero-order chi connectivity index (χ0) is 25.3. The Morgan fingerprint density at radius 3 is 2.44 bits per heavy atom. The van der Waals surface area contributed by atoms with E-state index in [1.807, 2.05) is 25.2 Å². The van der Waals surface area contributed by atoms with Gasteiger partial charge in [0, 0.05) is 28.9 Å². The fourth-order valence-corrected chi connectivity index (χ4v) is 5.00. The number of aromatic nitrogens is 2. The van der Waals surface area contributed by atoms with Crippen LogP contribution in [0.5, 0.6) is 0 Å². The molecule has 2 heterocycles. The predicted octanol–water partition coefficient (Wildman–Crippen LogP) is 6.35. The van der Waals surface area contributed by atoms with Crippen LogP contribution in [0.25, 0.3) is 11.0 Å². The maximum absolute atomic E-state index is 11.0. The molecular weight excluding hydrogens is 446 g/mol. The SMILES string of the molecule is CCC(CC)n1c(Cc2cccs2)nc2cc(C=O)ccc21.CCCC(NC)C(C)(C)C(=O)O. The summed E-state index contributed by atoms with van der Waals surface area (Å²) in [6.07, 6.45) is 5.79. The van der Waals surface area contributed by atoms with E-state index in [9.17, 15) is 9.59 Å². The molecule has 0 saturated carbocycles. The van der Waals surface area contributed by atoms with Crippen LogP contribution in [-0.4, -0.2) is 40.0 Å². The van der Waals surface area contributed by atoms with Crippen molar-refractivity contribution in [2.24, 2.45) is 5.41 Å². The molecule has 0 fully saturated rings. The van der Waals surface area contributed by atoms with E-state index in [1.165, 1.54) is 4.88 Å². The van der Waals surface area contributed by atoms with Crippen molar-refractivity contribution in [1.29, 1.82) is 0 Å². The molecule has 1 unspecified atom stereocenters. The van der Waals surface area contributed by atoms with Crippen molar-refractivity contribution in [3.63, 3.8) is 0 Å². The van der Waals surface area contributed by atoms with Crippen molar-refractivity contribution in [1.82, 2.24) is 14.9 Å². The highest BCUT2D eigenvalue weighted by Crippen LogP contribution is 2.28. The zero-order valence-electron chi connectivity index (χ0n) is 21.3. The number of aldehydes is 1. The number of hydrogen-bond donors (Lipinski definition) is 2. The Hall–Kier alpha value is -2.51. The highest BCUT2D eigenvalue weighted by molar-refractivity contribution is 7.09. The van der Waals surface area contributed by atoms with Gasteiger partial charge < -0.3 is 15.0 Å². The third kappa shape index (κ3) is 6.54. The number of carbonyl (C=O) groups is 2. The number of nitrogens with one attached hydrogen (secondary N) is 1. The standard InChI is InChI=1S/C18H20N2OS.C9H19NO2/c1-3-14(4-2)20-17-8-7-13(12-21)10-16(17)19-18(20)11-15-6-5-9-22-15;1-5-6-7(10-4)9(2,3)8(11)12/h5-10,12,14H,3-4,11H2,1-2H3;7,10H,5-6H2,1-4H3,(H,11,12). The third-order valence-electron chi connectivity index (χ3n) is 6.49. The van der Waals surface area contributed by atoms with Gasteiger partial charge in [-0.15, -0.1) is 11.3 Å². The minimum Gasteiger partial charge on any atom is -0.481 e. The van der Waals surface area contributed by atoms with Crippen LogP contribution < -0.4 is 5.32 Å². The smallest absolute Gasteiger partial charge is 0.310 e. The highest BCUT2D eigenvalue weighted by Gasteiger charge is 2.35. The Morgan fingerprint density at radius 2 is 1.94 bits per heavy atom. The van der Waals surface area contributed by atoms with Crippen molar-refractivity contribution in [3.8, 4) is 0 Å². The van der Waals surface area contributed by atoms with Gasteiger partial charge in [-0.25, -0.2) is 4.98 Å². The highest BCUT2D eigenvalue weighted by atomic mass is 32.1. The lowest BCUT2D eigenvalue weighted by Crippen LogP contribution is -2.45. The first-order chi connectivity index (χ1) is 16.2. The van der Waals surface area contributed by atoms with Crippen LogP contribution in [0.2, 0.25) is 0 Å². The van der Waals surface area contributed by atoms with Crippen molar-refractivity contribution >= 4 is 34.6 Å². The number of nitrogens with zero attached hydrogens (tertiary/aromatic N) is 2. The van der Waals surface area contributed by atoms with Crippen molar-refractivity contribution in [2.45, 2.75) is 78.8 Å². The molecule has 0 aliphatic carbocycles. The fraction of sp³-hybridized carbons (Fsp3) is 0.519. The van der Waals surface area contributed by atoms with Crippen LogP contribution in [-0.2, 0) is 11.2 Å². The van der Waals surface area contributed by atoms with E-state index < -0.39 is 11.4 Å². The van der Waals surface area contributed by atoms with Gasteiger partial charge in [0.05, 0.1) is 16.4 Å². The second-order valence-corrected chi connectivity index (χ2v) is 10.2. The Labute approximate surface area is 207 Å². The number of carbonyl (C=O) groups excluding carboxylic acids is 1. The Kier molecular flexibility index (Phi) is 10.5. The van der Waals surface area contributed by atoms with Gasteiger partial charge in [-0.1, -0.05) is 33.3 Å². The maximum atomic E-state index is 11.0. The molecule has 2 aromatic heterocycles. The first kappa shape index (κ1) is 27.7. The van der Waals surface area contributed by atoms with Gasteiger partial charge in [-0.2, -0.15) is 0 Å². The van der Waals surface area contributed by atoms with E-state index in [4.69, 9.17) is 10.1 Å². The number of aliphatic carboxylic acids is 1. The molecule has 0 amide bonds. The normalized spacial score (nSPS) is 12.4. The molecule has 3 rings (SSSR count). The topological polar surface area (TPSA) is 84.2 Å². The van der Waals surface area contributed by atoms with Crippen LogP contribution in [0.4, 0.5) is 0 Å². The Bertz CT molecular complexity index is 1050. The minimum atomic E-state index is -0.740. The molecule has 2 N–H and O–H groups in total. The number of hydrogen-bond acceptors (Lipinski definition) is 5. The van der Waals surface area contributed by atoms with E-state index in [-0.39, 0.29) is 6.04 Å². The average Bonchev–Trinajstić information content (AvgIpc) is 3.46. The first-order valence-corrected chi connectivity index (χ1v) is 13.0. The first-order valence-electron chi connectivity index (χ1n) is 12.1. The van der Waals surface area contributed by atoms with Gasteiger partial charge in [-0.05, 0) is 69.8 Å². The summed E-state index contributed by atoms with van der Waals surface area (Å²) in [5, 5.41) is 14.1. The number of carboxylic acid groups (broad SMARTS) is 1. The largest absolute Gasteiger partial charge is 0.481 e.